The number of unbranched alkanes of at least 4 members (excludes halogenated alkanes) is 1. The van der Waals surface area contributed by atoms with Crippen molar-refractivity contribution in [3.8, 4) is 0 Å². The Labute approximate surface area is 113 Å². The van der Waals surface area contributed by atoms with E-state index in [2.05, 4.69) is 21.9 Å². The van der Waals surface area contributed by atoms with Crippen molar-refractivity contribution in [2.75, 3.05) is 30.4 Å². The molecule has 18 heavy (non-hydrogen) atoms. The molecule has 1 rings (SSSR count). The summed E-state index contributed by atoms with van der Waals surface area (Å²) in [5.41, 5.74) is 1.41. The summed E-state index contributed by atoms with van der Waals surface area (Å²) in [6, 6.07) is 3.62. The van der Waals surface area contributed by atoms with Gasteiger partial charge in [0, 0.05) is 13.1 Å². The van der Waals surface area contributed by atoms with E-state index in [1.807, 2.05) is 24.8 Å². The molecule has 1 amide bonds. The van der Waals surface area contributed by atoms with Gasteiger partial charge in [0.15, 0.2) is 0 Å². The van der Waals surface area contributed by atoms with Gasteiger partial charge in [-0.05, 0) is 43.9 Å². The second kappa shape index (κ2) is 8.80. The van der Waals surface area contributed by atoms with Gasteiger partial charge in [0.05, 0.1) is 11.9 Å². The maximum absolute atomic E-state index is 11.7. The molecule has 1 aromatic rings. The van der Waals surface area contributed by atoms with Gasteiger partial charge in [-0.3, -0.25) is 4.79 Å². The standard InChI is InChI=1S/C13H21N3OS/c1-3-14-11-6-7-12(16-10-11)13(17)15-8-4-5-9-18-2/h6-7,10,14H,3-5,8-9H2,1-2H3,(H,15,17). The fourth-order valence-corrected chi connectivity index (χ4v) is 1.99. The van der Waals surface area contributed by atoms with Gasteiger partial charge in [0.25, 0.3) is 5.91 Å². The summed E-state index contributed by atoms with van der Waals surface area (Å²) in [4.78, 5) is 15.9. The summed E-state index contributed by atoms with van der Waals surface area (Å²) in [7, 11) is 0. The predicted octanol–water partition coefficient (Wildman–Crippen LogP) is 2.39. The van der Waals surface area contributed by atoms with Crippen LogP contribution in [-0.4, -0.2) is 36.0 Å². The van der Waals surface area contributed by atoms with Crippen LogP contribution >= 0.6 is 11.8 Å². The van der Waals surface area contributed by atoms with Crippen molar-refractivity contribution < 1.29 is 4.79 Å². The first kappa shape index (κ1) is 14.8. The van der Waals surface area contributed by atoms with Crippen molar-refractivity contribution in [3.05, 3.63) is 24.0 Å². The number of anilines is 1. The zero-order chi connectivity index (χ0) is 13.2. The number of hydrogen-bond donors (Lipinski definition) is 2. The molecular weight excluding hydrogens is 246 g/mol. The van der Waals surface area contributed by atoms with Gasteiger partial charge in [-0.15, -0.1) is 0 Å². The smallest absolute Gasteiger partial charge is 0.269 e. The van der Waals surface area contributed by atoms with Crippen LogP contribution < -0.4 is 10.6 Å². The van der Waals surface area contributed by atoms with Crippen LogP contribution in [-0.2, 0) is 0 Å². The fraction of sp³-hybridized carbons (Fsp3) is 0.538. The highest BCUT2D eigenvalue weighted by Crippen LogP contribution is 2.05. The van der Waals surface area contributed by atoms with Crippen molar-refractivity contribution in [2.24, 2.45) is 0 Å². The third-order valence-corrected chi connectivity index (χ3v) is 3.13. The predicted molar refractivity (Wildman–Crippen MR) is 78.3 cm³/mol. The minimum absolute atomic E-state index is 0.0952. The normalized spacial score (nSPS) is 10.1. The highest BCUT2D eigenvalue weighted by atomic mass is 32.2. The SMILES string of the molecule is CCNc1ccc(C(=O)NCCCCSC)nc1. The van der Waals surface area contributed by atoms with E-state index in [-0.39, 0.29) is 5.91 Å². The van der Waals surface area contributed by atoms with Crippen LogP contribution in [0.1, 0.15) is 30.3 Å². The van der Waals surface area contributed by atoms with Crippen molar-refractivity contribution in [2.45, 2.75) is 19.8 Å². The summed E-state index contributed by atoms with van der Waals surface area (Å²) in [5, 5.41) is 6.02. The number of carbonyl (C=O) groups is 1. The minimum atomic E-state index is -0.0952. The first-order valence-electron chi connectivity index (χ1n) is 6.25. The van der Waals surface area contributed by atoms with E-state index in [1.54, 1.807) is 12.3 Å². The number of thioether (sulfide) groups is 1. The minimum Gasteiger partial charge on any atom is -0.384 e. The lowest BCUT2D eigenvalue weighted by atomic mass is 10.3. The number of rotatable bonds is 8. The molecule has 0 atom stereocenters. The lowest BCUT2D eigenvalue weighted by Gasteiger charge is -2.06. The third-order valence-electron chi connectivity index (χ3n) is 2.44. The quantitative estimate of drug-likeness (QED) is 0.710. The van der Waals surface area contributed by atoms with E-state index >= 15 is 0 Å². The second-order valence-corrected chi connectivity index (χ2v) is 4.90. The largest absolute Gasteiger partial charge is 0.384 e. The van der Waals surface area contributed by atoms with E-state index < -0.39 is 0 Å². The first-order valence-corrected chi connectivity index (χ1v) is 7.64. The lowest BCUT2D eigenvalue weighted by Crippen LogP contribution is -2.25. The van der Waals surface area contributed by atoms with E-state index in [4.69, 9.17) is 0 Å². The Morgan fingerprint density at radius 3 is 2.83 bits per heavy atom. The van der Waals surface area contributed by atoms with Gasteiger partial charge < -0.3 is 10.6 Å². The number of nitrogens with zero attached hydrogens (tertiary/aromatic N) is 1. The summed E-state index contributed by atoms with van der Waals surface area (Å²) < 4.78 is 0. The zero-order valence-electron chi connectivity index (χ0n) is 11.0. The van der Waals surface area contributed by atoms with Gasteiger partial charge in [-0.1, -0.05) is 0 Å². The van der Waals surface area contributed by atoms with Gasteiger partial charge in [-0.2, -0.15) is 11.8 Å². The van der Waals surface area contributed by atoms with E-state index in [9.17, 15) is 4.79 Å². The third kappa shape index (κ3) is 5.40. The molecule has 0 unspecified atom stereocenters. The molecule has 1 heterocycles. The number of nitrogens with one attached hydrogen (secondary N) is 2. The van der Waals surface area contributed by atoms with Crippen LogP contribution in [0.5, 0.6) is 0 Å². The molecule has 100 valence electrons. The van der Waals surface area contributed by atoms with Crippen LogP contribution in [0.3, 0.4) is 0 Å². The molecule has 2 N–H and O–H groups in total. The Morgan fingerprint density at radius 1 is 1.39 bits per heavy atom. The van der Waals surface area contributed by atoms with E-state index in [0.717, 1.165) is 37.4 Å². The Balaban J connectivity index is 2.32. The number of aromatic nitrogens is 1. The number of pyridine rings is 1. The Kier molecular flexibility index (Phi) is 7.25. The highest BCUT2D eigenvalue weighted by molar-refractivity contribution is 7.98. The molecule has 0 radical (unpaired) electrons. The number of carbonyl (C=O) groups excluding carboxylic acids is 1. The van der Waals surface area contributed by atoms with Gasteiger partial charge >= 0.3 is 0 Å². The summed E-state index contributed by atoms with van der Waals surface area (Å²) >= 11 is 1.83. The average molecular weight is 267 g/mol. The fourth-order valence-electron chi connectivity index (χ4n) is 1.50. The summed E-state index contributed by atoms with van der Waals surface area (Å²) in [5.74, 6) is 1.05. The number of amides is 1. The molecule has 0 aliphatic carbocycles. The molecule has 0 aliphatic rings. The Morgan fingerprint density at radius 2 is 2.22 bits per heavy atom. The molecular formula is C13H21N3OS. The van der Waals surface area contributed by atoms with Gasteiger partial charge in [-0.25, -0.2) is 4.98 Å². The van der Waals surface area contributed by atoms with Gasteiger partial charge in [0.2, 0.25) is 0 Å². The zero-order valence-corrected chi connectivity index (χ0v) is 11.8. The van der Waals surface area contributed by atoms with Crippen molar-refractivity contribution >= 4 is 23.4 Å². The van der Waals surface area contributed by atoms with Crippen LogP contribution in [0.15, 0.2) is 18.3 Å². The molecule has 0 bridgehead atoms. The van der Waals surface area contributed by atoms with E-state index in [0.29, 0.717) is 5.69 Å². The molecule has 0 saturated carbocycles. The summed E-state index contributed by atoms with van der Waals surface area (Å²) in [6.45, 7) is 3.59. The highest BCUT2D eigenvalue weighted by Gasteiger charge is 2.05. The molecule has 0 saturated heterocycles. The molecule has 0 spiro atoms. The van der Waals surface area contributed by atoms with Crippen LogP contribution in [0.2, 0.25) is 0 Å². The van der Waals surface area contributed by atoms with Gasteiger partial charge in [0.1, 0.15) is 5.69 Å². The van der Waals surface area contributed by atoms with Crippen molar-refractivity contribution in [1.29, 1.82) is 0 Å². The summed E-state index contributed by atoms with van der Waals surface area (Å²) in [6.07, 6.45) is 5.93. The van der Waals surface area contributed by atoms with Crippen LogP contribution in [0.4, 0.5) is 5.69 Å². The monoisotopic (exact) mass is 267 g/mol. The molecule has 1 aromatic heterocycles. The molecule has 0 fully saturated rings. The molecule has 0 aromatic carbocycles. The molecule has 5 heteroatoms. The maximum atomic E-state index is 11.7. The number of hydrogen-bond acceptors (Lipinski definition) is 4. The second-order valence-electron chi connectivity index (χ2n) is 3.92. The van der Waals surface area contributed by atoms with E-state index in [1.165, 1.54) is 0 Å². The average Bonchev–Trinajstić information content (AvgIpc) is 2.39. The molecule has 0 aliphatic heterocycles. The lowest BCUT2D eigenvalue weighted by molar-refractivity contribution is 0.0948. The Bertz CT molecular complexity index is 354. The molecule has 4 nitrogen and oxygen atoms in total. The topological polar surface area (TPSA) is 54.0 Å². The maximum Gasteiger partial charge on any atom is 0.269 e. The van der Waals surface area contributed by atoms with Crippen molar-refractivity contribution in [1.82, 2.24) is 10.3 Å². The van der Waals surface area contributed by atoms with Crippen LogP contribution in [0.25, 0.3) is 0 Å². The Hall–Kier alpha value is -1.23. The first-order chi connectivity index (χ1) is 8.77. The van der Waals surface area contributed by atoms with Crippen LogP contribution in [0, 0.1) is 0 Å². The van der Waals surface area contributed by atoms with Crippen molar-refractivity contribution in [3.63, 3.8) is 0 Å².